The third-order valence-electron chi connectivity index (χ3n) is 6.05. The van der Waals surface area contributed by atoms with E-state index in [1.165, 1.54) is 12.8 Å². The first-order valence-corrected chi connectivity index (χ1v) is 9.78. The van der Waals surface area contributed by atoms with E-state index in [1.54, 1.807) is 0 Å². The van der Waals surface area contributed by atoms with Gasteiger partial charge in [-0.05, 0) is 51.1 Å². The van der Waals surface area contributed by atoms with E-state index in [0.717, 1.165) is 71.0 Å². The highest BCUT2D eigenvalue weighted by Crippen LogP contribution is 2.20. The average molecular weight is 352 g/mol. The van der Waals surface area contributed by atoms with Crippen molar-refractivity contribution < 1.29 is 14.7 Å². The maximum atomic E-state index is 12.5. The van der Waals surface area contributed by atoms with Gasteiger partial charge < -0.3 is 15.3 Å². The van der Waals surface area contributed by atoms with Crippen molar-refractivity contribution in [1.82, 2.24) is 20.0 Å². The van der Waals surface area contributed by atoms with Gasteiger partial charge in [0.15, 0.2) is 0 Å². The number of carboxylic acid groups (broad SMARTS) is 1. The summed E-state index contributed by atoms with van der Waals surface area (Å²) in [5, 5.41) is 12.3. The molecule has 3 saturated heterocycles. The molecule has 3 aliphatic rings. The number of amides is 1. The summed E-state index contributed by atoms with van der Waals surface area (Å²) >= 11 is 0. The molecule has 0 unspecified atom stereocenters. The maximum Gasteiger partial charge on any atom is 0.317 e. The molecule has 3 fully saturated rings. The Hall–Kier alpha value is -1.18. The van der Waals surface area contributed by atoms with Gasteiger partial charge in [-0.15, -0.1) is 0 Å². The lowest BCUT2D eigenvalue weighted by molar-refractivity contribution is -0.139. The Kier molecular flexibility index (Phi) is 6.67. The van der Waals surface area contributed by atoms with Gasteiger partial charge in [-0.3, -0.25) is 19.4 Å². The van der Waals surface area contributed by atoms with Crippen molar-refractivity contribution >= 4 is 11.9 Å². The number of likely N-dealkylation sites (tertiary alicyclic amines) is 1. The smallest absolute Gasteiger partial charge is 0.317 e. The van der Waals surface area contributed by atoms with Gasteiger partial charge in [0.05, 0.1) is 13.1 Å². The van der Waals surface area contributed by atoms with Crippen molar-refractivity contribution in [2.45, 2.75) is 38.1 Å². The van der Waals surface area contributed by atoms with Gasteiger partial charge >= 0.3 is 5.97 Å². The molecule has 3 aliphatic heterocycles. The topological polar surface area (TPSA) is 76.1 Å². The van der Waals surface area contributed by atoms with Crippen molar-refractivity contribution in [3.8, 4) is 0 Å². The third-order valence-corrected chi connectivity index (χ3v) is 6.05. The molecule has 0 spiro atoms. The lowest BCUT2D eigenvalue weighted by atomic mass is 9.94. The van der Waals surface area contributed by atoms with Crippen LogP contribution in [0.4, 0.5) is 0 Å². The molecule has 1 amide bonds. The summed E-state index contributed by atoms with van der Waals surface area (Å²) in [6.45, 7) is 7.27. The molecule has 0 radical (unpaired) electrons. The fraction of sp³-hybridized carbons (Fsp3) is 0.889. The minimum Gasteiger partial charge on any atom is -0.480 e. The zero-order valence-corrected chi connectivity index (χ0v) is 15.2. The van der Waals surface area contributed by atoms with E-state index >= 15 is 0 Å². The van der Waals surface area contributed by atoms with Gasteiger partial charge in [0.25, 0.3) is 0 Å². The molecule has 0 aliphatic carbocycles. The summed E-state index contributed by atoms with van der Waals surface area (Å²) < 4.78 is 0. The first kappa shape index (κ1) is 18.6. The molecule has 3 heterocycles. The largest absolute Gasteiger partial charge is 0.480 e. The highest BCUT2D eigenvalue weighted by molar-refractivity contribution is 5.79. The van der Waals surface area contributed by atoms with E-state index in [1.807, 2.05) is 4.90 Å². The number of carbonyl (C=O) groups is 2. The molecule has 2 N–H and O–H groups in total. The lowest BCUT2D eigenvalue weighted by Gasteiger charge is -2.42. The lowest BCUT2D eigenvalue weighted by Crippen LogP contribution is -2.56. The number of carbonyl (C=O) groups excluding carboxylic acids is 1. The van der Waals surface area contributed by atoms with Crippen LogP contribution < -0.4 is 5.32 Å². The number of piperidine rings is 2. The highest BCUT2D eigenvalue weighted by atomic mass is 16.4. The highest BCUT2D eigenvalue weighted by Gasteiger charge is 2.31. The van der Waals surface area contributed by atoms with Crippen LogP contribution in [0.15, 0.2) is 0 Å². The standard InChI is InChI=1S/C18H32N4O3/c23-17-13-22(16-4-8-20(9-5-16)14-18(24)25)12-11-21(17)10-3-15-1-6-19-7-2-15/h15-16,19H,1-14H2,(H,24,25). The summed E-state index contributed by atoms with van der Waals surface area (Å²) in [4.78, 5) is 29.7. The van der Waals surface area contributed by atoms with E-state index in [4.69, 9.17) is 5.11 Å². The first-order chi connectivity index (χ1) is 12.1. The molecular weight excluding hydrogens is 320 g/mol. The number of hydrogen-bond donors (Lipinski definition) is 2. The fourth-order valence-electron chi connectivity index (χ4n) is 4.42. The fourth-order valence-corrected chi connectivity index (χ4v) is 4.42. The Morgan fingerprint density at radius 2 is 1.80 bits per heavy atom. The number of piperazine rings is 1. The number of aliphatic carboxylic acids is 1. The van der Waals surface area contributed by atoms with E-state index in [-0.39, 0.29) is 12.5 Å². The van der Waals surface area contributed by atoms with Crippen LogP contribution in [0.1, 0.15) is 32.1 Å². The van der Waals surface area contributed by atoms with Crippen molar-refractivity contribution in [2.24, 2.45) is 5.92 Å². The van der Waals surface area contributed by atoms with Crippen molar-refractivity contribution in [3.63, 3.8) is 0 Å². The monoisotopic (exact) mass is 352 g/mol. The average Bonchev–Trinajstić information content (AvgIpc) is 2.62. The Balaban J connectivity index is 1.38. The molecule has 0 aromatic carbocycles. The van der Waals surface area contributed by atoms with Crippen molar-refractivity contribution in [3.05, 3.63) is 0 Å². The van der Waals surface area contributed by atoms with Crippen LogP contribution >= 0.6 is 0 Å². The number of carboxylic acids is 1. The van der Waals surface area contributed by atoms with Crippen molar-refractivity contribution in [2.75, 3.05) is 58.9 Å². The SMILES string of the molecule is O=C(O)CN1CCC(N2CCN(CCC3CCNCC3)C(=O)C2)CC1. The molecule has 3 rings (SSSR count). The molecule has 7 nitrogen and oxygen atoms in total. The molecular formula is C18H32N4O3. The second-order valence-corrected chi connectivity index (χ2v) is 7.73. The van der Waals surface area contributed by atoms with Crippen LogP contribution in [-0.2, 0) is 9.59 Å². The first-order valence-electron chi connectivity index (χ1n) is 9.78. The number of nitrogens with zero attached hydrogens (tertiary/aromatic N) is 3. The second kappa shape index (κ2) is 8.96. The molecule has 0 aromatic heterocycles. The van der Waals surface area contributed by atoms with Crippen LogP contribution in [0.25, 0.3) is 0 Å². The van der Waals surface area contributed by atoms with Crippen LogP contribution in [0.2, 0.25) is 0 Å². The van der Waals surface area contributed by atoms with E-state index in [2.05, 4.69) is 15.1 Å². The summed E-state index contributed by atoms with van der Waals surface area (Å²) in [6.07, 6.45) is 5.55. The Morgan fingerprint density at radius 1 is 1.08 bits per heavy atom. The minimum atomic E-state index is -0.754. The van der Waals surface area contributed by atoms with Crippen LogP contribution in [0.5, 0.6) is 0 Å². The molecule has 0 aromatic rings. The van der Waals surface area contributed by atoms with E-state index < -0.39 is 5.97 Å². The van der Waals surface area contributed by atoms with Crippen LogP contribution in [-0.4, -0.2) is 96.6 Å². The molecule has 25 heavy (non-hydrogen) atoms. The maximum absolute atomic E-state index is 12.5. The Labute approximate surface area is 150 Å². The van der Waals surface area contributed by atoms with Crippen molar-refractivity contribution in [1.29, 1.82) is 0 Å². The number of hydrogen-bond acceptors (Lipinski definition) is 5. The minimum absolute atomic E-state index is 0.135. The second-order valence-electron chi connectivity index (χ2n) is 7.73. The van der Waals surface area contributed by atoms with Crippen LogP contribution in [0.3, 0.4) is 0 Å². The quantitative estimate of drug-likeness (QED) is 0.705. The summed E-state index contributed by atoms with van der Waals surface area (Å²) in [6, 6.07) is 0.431. The zero-order valence-electron chi connectivity index (χ0n) is 15.2. The molecule has 7 heteroatoms. The summed E-state index contributed by atoms with van der Waals surface area (Å²) in [5.74, 6) is 0.287. The molecule has 142 valence electrons. The summed E-state index contributed by atoms with van der Waals surface area (Å²) in [5.41, 5.74) is 0. The van der Waals surface area contributed by atoms with Gasteiger partial charge in [-0.25, -0.2) is 0 Å². The van der Waals surface area contributed by atoms with Gasteiger partial charge in [-0.2, -0.15) is 0 Å². The van der Waals surface area contributed by atoms with Gasteiger partial charge in [0.2, 0.25) is 5.91 Å². The summed E-state index contributed by atoms with van der Waals surface area (Å²) in [7, 11) is 0. The van der Waals surface area contributed by atoms with E-state index in [9.17, 15) is 9.59 Å². The number of nitrogens with one attached hydrogen (secondary N) is 1. The molecule has 0 bridgehead atoms. The molecule has 0 saturated carbocycles. The predicted molar refractivity (Wildman–Crippen MR) is 95.5 cm³/mol. The normalized spacial score (nSPS) is 25.4. The molecule has 0 atom stereocenters. The Bertz CT molecular complexity index is 459. The van der Waals surface area contributed by atoms with Gasteiger partial charge in [-0.1, -0.05) is 0 Å². The van der Waals surface area contributed by atoms with Crippen LogP contribution in [0, 0.1) is 5.92 Å². The van der Waals surface area contributed by atoms with Gasteiger partial charge in [0.1, 0.15) is 0 Å². The van der Waals surface area contributed by atoms with Gasteiger partial charge in [0, 0.05) is 38.8 Å². The zero-order chi connectivity index (χ0) is 17.6. The van der Waals surface area contributed by atoms with E-state index in [0.29, 0.717) is 12.6 Å². The number of rotatable bonds is 6. The third kappa shape index (κ3) is 5.39. The predicted octanol–water partition coefficient (Wildman–Crippen LogP) is 0.0693. The Morgan fingerprint density at radius 3 is 2.44 bits per heavy atom.